The van der Waals surface area contributed by atoms with Crippen LogP contribution in [-0.2, 0) is 0 Å². The van der Waals surface area contributed by atoms with Crippen LogP contribution in [0, 0.1) is 22.2 Å². The third-order valence-electron chi connectivity index (χ3n) is 2.31. The van der Waals surface area contributed by atoms with Crippen molar-refractivity contribution in [2.75, 3.05) is 6.54 Å². The van der Waals surface area contributed by atoms with Gasteiger partial charge in [0.05, 0.1) is 11.5 Å². The van der Waals surface area contributed by atoms with Gasteiger partial charge < -0.3 is 5.73 Å². The summed E-state index contributed by atoms with van der Waals surface area (Å²) in [5, 5.41) is 8.79. The van der Waals surface area contributed by atoms with E-state index in [-0.39, 0.29) is 5.41 Å². The van der Waals surface area contributed by atoms with Gasteiger partial charge in [0, 0.05) is 6.54 Å². The second-order valence-electron chi connectivity index (χ2n) is 3.90. The van der Waals surface area contributed by atoms with Crippen LogP contribution < -0.4 is 5.73 Å². The number of nitrogens with zero attached hydrogens (tertiary/aromatic N) is 1. The largest absolute Gasteiger partial charge is 0.329 e. The van der Waals surface area contributed by atoms with E-state index in [2.05, 4.69) is 6.07 Å². The van der Waals surface area contributed by atoms with Gasteiger partial charge in [-0.25, -0.2) is 0 Å². The lowest BCUT2D eigenvalue weighted by Crippen LogP contribution is -2.38. The highest BCUT2D eigenvalue weighted by Crippen LogP contribution is 2.36. The summed E-state index contributed by atoms with van der Waals surface area (Å²) in [6, 6.07) is 2.24. The van der Waals surface area contributed by atoms with Crippen LogP contribution >= 0.6 is 0 Å². The molecule has 0 aliphatic heterocycles. The van der Waals surface area contributed by atoms with E-state index in [9.17, 15) is 0 Å². The van der Waals surface area contributed by atoms with Crippen molar-refractivity contribution in [2.24, 2.45) is 16.6 Å². The minimum absolute atomic E-state index is 0.0312. The standard InChI is InChI=1S/C8H16N2/c1-7(2,3)8(4,5-9)6-10/h5,9H2,1-4H3. The van der Waals surface area contributed by atoms with Crippen molar-refractivity contribution in [1.29, 1.82) is 5.26 Å². The lowest BCUT2D eigenvalue weighted by Gasteiger charge is -2.34. The van der Waals surface area contributed by atoms with E-state index in [1.807, 2.05) is 27.7 Å². The van der Waals surface area contributed by atoms with Crippen molar-refractivity contribution in [1.82, 2.24) is 0 Å². The molecule has 1 unspecified atom stereocenters. The van der Waals surface area contributed by atoms with Gasteiger partial charge in [-0.2, -0.15) is 5.26 Å². The quantitative estimate of drug-likeness (QED) is 0.600. The molecule has 0 saturated heterocycles. The lowest BCUT2D eigenvalue weighted by atomic mass is 9.69. The summed E-state index contributed by atoms with van der Waals surface area (Å²) in [6.45, 7) is 8.41. The topological polar surface area (TPSA) is 49.8 Å². The minimum atomic E-state index is -0.396. The Balaban J connectivity index is 4.54. The molecule has 10 heavy (non-hydrogen) atoms. The van der Waals surface area contributed by atoms with Crippen LogP contribution in [0.4, 0.5) is 0 Å². The molecule has 2 nitrogen and oxygen atoms in total. The maximum absolute atomic E-state index is 8.79. The summed E-state index contributed by atoms with van der Waals surface area (Å²) in [4.78, 5) is 0. The minimum Gasteiger partial charge on any atom is -0.329 e. The highest BCUT2D eigenvalue weighted by molar-refractivity contribution is 5.03. The maximum Gasteiger partial charge on any atom is 0.0716 e. The summed E-state index contributed by atoms with van der Waals surface area (Å²) in [7, 11) is 0. The zero-order chi connectivity index (χ0) is 8.41. The summed E-state index contributed by atoms with van der Waals surface area (Å²) in [5.74, 6) is 0. The predicted molar refractivity (Wildman–Crippen MR) is 42.2 cm³/mol. The van der Waals surface area contributed by atoms with Gasteiger partial charge in [0.15, 0.2) is 0 Å². The Morgan fingerprint density at radius 1 is 1.30 bits per heavy atom. The van der Waals surface area contributed by atoms with Gasteiger partial charge in [0.1, 0.15) is 0 Å². The third kappa shape index (κ3) is 1.48. The Bertz CT molecular complexity index is 150. The summed E-state index contributed by atoms with van der Waals surface area (Å²) >= 11 is 0. The number of hydrogen-bond acceptors (Lipinski definition) is 2. The first kappa shape index (κ1) is 9.45. The molecule has 0 radical (unpaired) electrons. The molecule has 0 spiro atoms. The van der Waals surface area contributed by atoms with Gasteiger partial charge in [0.2, 0.25) is 0 Å². The second-order valence-corrected chi connectivity index (χ2v) is 3.90. The van der Waals surface area contributed by atoms with Crippen LogP contribution in [0.25, 0.3) is 0 Å². The molecular formula is C8H16N2. The number of nitriles is 1. The molecule has 0 aromatic heterocycles. The number of hydrogen-bond donors (Lipinski definition) is 1. The molecule has 0 fully saturated rings. The van der Waals surface area contributed by atoms with Gasteiger partial charge in [-0.15, -0.1) is 0 Å². The van der Waals surface area contributed by atoms with Gasteiger partial charge in [-0.1, -0.05) is 20.8 Å². The van der Waals surface area contributed by atoms with Gasteiger partial charge >= 0.3 is 0 Å². The number of rotatable bonds is 1. The van der Waals surface area contributed by atoms with E-state index in [0.29, 0.717) is 6.54 Å². The molecule has 0 rings (SSSR count). The Hall–Kier alpha value is -0.550. The molecule has 0 saturated carbocycles. The Labute approximate surface area is 63.0 Å². The smallest absolute Gasteiger partial charge is 0.0716 e. The van der Waals surface area contributed by atoms with Crippen molar-refractivity contribution in [2.45, 2.75) is 27.7 Å². The fourth-order valence-electron chi connectivity index (χ4n) is 0.520. The average Bonchev–Trinajstić information content (AvgIpc) is 1.84. The SMILES string of the molecule is CC(C)(C)C(C)(C#N)CN. The third-order valence-corrected chi connectivity index (χ3v) is 2.31. The highest BCUT2D eigenvalue weighted by Gasteiger charge is 2.36. The Morgan fingerprint density at radius 2 is 1.70 bits per heavy atom. The highest BCUT2D eigenvalue weighted by atomic mass is 14.6. The fourth-order valence-corrected chi connectivity index (χ4v) is 0.520. The molecule has 1 atom stereocenters. The van der Waals surface area contributed by atoms with Crippen LogP contribution in [0.1, 0.15) is 27.7 Å². The monoisotopic (exact) mass is 140 g/mol. The predicted octanol–water partition coefficient (Wildman–Crippen LogP) is 1.52. The number of nitrogens with two attached hydrogens (primary N) is 1. The molecule has 0 bridgehead atoms. The van der Waals surface area contributed by atoms with E-state index < -0.39 is 5.41 Å². The molecular weight excluding hydrogens is 124 g/mol. The normalized spacial score (nSPS) is 17.6. The molecule has 0 aliphatic carbocycles. The fraction of sp³-hybridized carbons (Fsp3) is 0.875. The van der Waals surface area contributed by atoms with Crippen LogP contribution in [0.5, 0.6) is 0 Å². The van der Waals surface area contributed by atoms with E-state index >= 15 is 0 Å². The Kier molecular flexibility index (Phi) is 2.45. The Morgan fingerprint density at radius 3 is 1.70 bits per heavy atom. The van der Waals surface area contributed by atoms with Crippen molar-refractivity contribution in [3.05, 3.63) is 0 Å². The van der Waals surface area contributed by atoms with Crippen molar-refractivity contribution < 1.29 is 0 Å². The first-order chi connectivity index (χ1) is 4.37. The zero-order valence-corrected chi connectivity index (χ0v) is 7.23. The van der Waals surface area contributed by atoms with E-state index in [1.165, 1.54) is 0 Å². The first-order valence-electron chi connectivity index (χ1n) is 3.49. The molecule has 58 valence electrons. The van der Waals surface area contributed by atoms with Crippen LogP contribution in [0.3, 0.4) is 0 Å². The van der Waals surface area contributed by atoms with E-state index in [1.54, 1.807) is 0 Å². The van der Waals surface area contributed by atoms with Gasteiger partial charge in [-0.3, -0.25) is 0 Å². The summed E-state index contributed by atoms with van der Waals surface area (Å²) in [5.41, 5.74) is 5.05. The van der Waals surface area contributed by atoms with Crippen molar-refractivity contribution >= 4 is 0 Å². The molecule has 0 amide bonds. The van der Waals surface area contributed by atoms with Crippen LogP contribution in [0.15, 0.2) is 0 Å². The van der Waals surface area contributed by atoms with Crippen LogP contribution in [-0.4, -0.2) is 6.54 Å². The average molecular weight is 140 g/mol. The second kappa shape index (κ2) is 2.59. The zero-order valence-electron chi connectivity index (χ0n) is 7.23. The van der Waals surface area contributed by atoms with E-state index in [0.717, 1.165) is 0 Å². The van der Waals surface area contributed by atoms with Crippen molar-refractivity contribution in [3.8, 4) is 6.07 Å². The molecule has 2 N–H and O–H groups in total. The van der Waals surface area contributed by atoms with Gasteiger partial charge in [-0.05, 0) is 12.3 Å². The molecule has 0 aromatic rings. The molecule has 0 aliphatic rings. The van der Waals surface area contributed by atoms with E-state index in [4.69, 9.17) is 11.0 Å². The molecule has 2 heteroatoms. The summed E-state index contributed by atoms with van der Waals surface area (Å²) < 4.78 is 0. The van der Waals surface area contributed by atoms with Crippen LogP contribution in [0.2, 0.25) is 0 Å². The summed E-state index contributed by atoms with van der Waals surface area (Å²) in [6.07, 6.45) is 0. The molecule has 0 heterocycles. The first-order valence-corrected chi connectivity index (χ1v) is 3.49. The van der Waals surface area contributed by atoms with Gasteiger partial charge in [0.25, 0.3) is 0 Å². The lowest BCUT2D eigenvalue weighted by molar-refractivity contribution is 0.187. The maximum atomic E-state index is 8.79. The molecule has 0 aromatic carbocycles. The van der Waals surface area contributed by atoms with Crippen molar-refractivity contribution in [3.63, 3.8) is 0 Å².